The molecule has 1 unspecified atom stereocenters. The van der Waals surface area contributed by atoms with Crippen molar-refractivity contribution in [2.24, 2.45) is 0 Å². The minimum Gasteiger partial charge on any atom is -0.317 e. The lowest BCUT2D eigenvalue weighted by atomic mass is 10.3. The summed E-state index contributed by atoms with van der Waals surface area (Å²) in [6.45, 7) is 8.12. The number of rotatable bonds is 9. The zero-order chi connectivity index (χ0) is 11.7. The lowest BCUT2D eigenvalue weighted by molar-refractivity contribution is 0.556. The second kappa shape index (κ2) is 8.07. The molecule has 0 aromatic carbocycles. The van der Waals surface area contributed by atoms with Crippen molar-refractivity contribution < 1.29 is 8.42 Å². The van der Waals surface area contributed by atoms with Crippen molar-refractivity contribution in [2.45, 2.75) is 45.3 Å². The van der Waals surface area contributed by atoms with E-state index in [0.29, 0.717) is 6.54 Å². The predicted octanol–water partition coefficient (Wildman–Crippen LogP) is 1.09. The second-order valence-electron chi connectivity index (χ2n) is 3.75. The van der Waals surface area contributed by atoms with E-state index < -0.39 is 10.0 Å². The fourth-order valence-corrected chi connectivity index (χ4v) is 2.57. The lowest BCUT2D eigenvalue weighted by Gasteiger charge is -2.12. The maximum absolute atomic E-state index is 11.6. The molecule has 4 nitrogen and oxygen atoms in total. The van der Waals surface area contributed by atoms with Gasteiger partial charge in [-0.2, -0.15) is 0 Å². The van der Waals surface area contributed by atoms with Crippen LogP contribution < -0.4 is 10.0 Å². The smallest absolute Gasteiger partial charge is 0.214 e. The molecule has 0 fully saturated rings. The molecule has 0 heterocycles. The van der Waals surface area contributed by atoms with E-state index in [0.717, 1.165) is 32.4 Å². The molecule has 1 atom stereocenters. The fraction of sp³-hybridized carbons (Fsp3) is 1.00. The van der Waals surface area contributed by atoms with Crippen LogP contribution in [-0.2, 0) is 10.0 Å². The van der Waals surface area contributed by atoms with Gasteiger partial charge in [0.1, 0.15) is 0 Å². The van der Waals surface area contributed by atoms with Crippen LogP contribution in [0.15, 0.2) is 0 Å². The van der Waals surface area contributed by atoms with Crippen LogP contribution in [0.1, 0.15) is 40.0 Å². The average molecular weight is 236 g/mol. The topological polar surface area (TPSA) is 58.2 Å². The minimum absolute atomic E-state index is 0.276. The van der Waals surface area contributed by atoms with E-state index in [1.165, 1.54) is 0 Å². The van der Waals surface area contributed by atoms with Crippen LogP contribution in [-0.4, -0.2) is 33.3 Å². The van der Waals surface area contributed by atoms with E-state index >= 15 is 0 Å². The van der Waals surface area contributed by atoms with Crippen molar-refractivity contribution in [2.75, 3.05) is 19.6 Å². The average Bonchev–Trinajstić information content (AvgIpc) is 2.18. The predicted molar refractivity (Wildman–Crippen MR) is 64.5 cm³/mol. The molecule has 0 amide bonds. The SMILES string of the molecule is CCCC(C)S(=O)(=O)NCCCNCC. The van der Waals surface area contributed by atoms with Crippen molar-refractivity contribution in [3.8, 4) is 0 Å². The van der Waals surface area contributed by atoms with E-state index in [2.05, 4.69) is 10.0 Å². The van der Waals surface area contributed by atoms with E-state index in [-0.39, 0.29) is 5.25 Å². The molecule has 92 valence electrons. The quantitative estimate of drug-likeness (QED) is 0.589. The highest BCUT2D eigenvalue weighted by Crippen LogP contribution is 2.05. The van der Waals surface area contributed by atoms with E-state index in [4.69, 9.17) is 0 Å². The maximum Gasteiger partial charge on any atom is 0.214 e. The second-order valence-corrected chi connectivity index (χ2v) is 5.93. The summed E-state index contributed by atoms with van der Waals surface area (Å²) in [7, 11) is -3.09. The van der Waals surface area contributed by atoms with Crippen LogP contribution in [0.2, 0.25) is 0 Å². The molecular formula is C10H24N2O2S. The molecule has 0 aliphatic rings. The van der Waals surface area contributed by atoms with Crippen LogP contribution in [0.4, 0.5) is 0 Å². The Balaban J connectivity index is 3.74. The molecule has 0 aliphatic heterocycles. The highest BCUT2D eigenvalue weighted by Gasteiger charge is 2.18. The van der Waals surface area contributed by atoms with E-state index in [9.17, 15) is 8.42 Å². The summed E-state index contributed by atoms with van der Waals surface area (Å²) in [6.07, 6.45) is 2.47. The van der Waals surface area contributed by atoms with Gasteiger partial charge in [-0.1, -0.05) is 20.3 Å². The van der Waals surface area contributed by atoms with Crippen LogP contribution in [0, 0.1) is 0 Å². The van der Waals surface area contributed by atoms with E-state index in [1.807, 2.05) is 13.8 Å². The Kier molecular flexibility index (Phi) is 8.00. The van der Waals surface area contributed by atoms with Crippen LogP contribution >= 0.6 is 0 Å². The maximum atomic E-state index is 11.6. The molecule has 0 aliphatic carbocycles. The van der Waals surface area contributed by atoms with Gasteiger partial charge in [-0.05, 0) is 32.9 Å². The molecule has 0 bridgehead atoms. The highest BCUT2D eigenvalue weighted by molar-refractivity contribution is 7.90. The Morgan fingerprint density at radius 3 is 2.40 bits per heavy atom. The minimum atomic E-state index is -3.09. The van der Waals surface area contributed by atoms with Crippen LogP contribution in [0.5, 0.6) is 0 Å². The van der Waals surface area contributed by atoms with Crippen LogP contribution in [0.3, 0.4) is 0 Å². The molecule has 0 aromatic rings. The summed E-state index contributed by atoms with van der Waals surface area (Å²) in [5, 5.41) is 2.88. The summed E-state index contributed by atoms with van der Waals surface area (Å²) >= 11 is 0. The largest absolute Gasteiger partial charge is 0.317 e. The number of hydrogen-bond donors (Lipinski definition) is 2. The van der Waals surface area contributed by atoms with Crippen molar-refractivity contribution in [1.29, 1.82) is 0 Å². The molecule has 15 heavy (non-hydrogen) atoms. The number of nitrogens with one attached hydrogen (secondary N) is 2. The summed E-state index contributed by atoms with van der Waals surface area (Å²) < 4.78 is 25.9. The third-order valence-corrected chi connectivity index (χ3v) is 4.21. The molecule has 0 saturated carbocycles. The van der Waals surface area contributed by atoms with Gasteiger partial charge >= 0.3 is 0 Å². The van der Waals surface area contributed by atoms with Gasteiger partial charge in [-0.15, -0.1) is 0 Å². The summed E-state index contributed by atoms with van der Waals surface area (Å²) in [4.78, 5) is 0. The molecule has 0 saturated heterocycles. The van der Waals surface area contributed by atoms with Crippen molar-refractivity contribution in [3.63, 3.8) is 0 Å². The highest BCUT2D eigenvalue weighted by atomic mass is 32.2. The Bertz CT molecular complexity index is 240. The Labute approximate surface area is 93.9 Å². The van der Waals surface area contributed by atoms with Crippen LogP contribution in [0.25, 0.3) is 0 Å². The molecule has 0 radical (unpaired) electrons. The van der Waals surface area contributed by atoms with Gasteiger partial charge in [-0.3, -0.25) is 0 Å². The molecular weight excluding hydrogens is 212 g/mol. The Morgan fingerprint density at radius 2 is 1.87 bits per heavy atom. The van der Waals surface area contributed by atoms with Gasteiger partial charge in [0, 0.05) is 6.54 Å². The van der Waals surface area contributed by atoms with Crippen molar-refractivity contribution >= 4 is 10.0 Å². The molecule has 2 N–H and O–H groups in total. The summed E-state index contributed by atoms with van der Waals surface area (Å²) in [5.41, 5.74) is 0. The summed E-state index contributed by atoms with van der Waals surface area (Å²) in [5.74, 6) is 0. The van der Waals surface area contributed by atoms with Gasteiger partial charge in [0.25, 0.3) is 0 Å². The first-order valence-electron chi connectivity index (χ1n) is 5.73. The third-order valence-electron chi connectivity index (χ3n) is 2.31. The first-order valence-corrected chi connectivity index (χ1v) is 7.28. The number of sulfonamides is 1. The fourth-order valence-electron chi connectivity index (χ4n) is 1.31. The first kappa shape index (κ1) is 14.9. The monoisotopic (exact) mass is 236 g/mol. The van der Waals surface area contributed by atoms with Gasteiger partial charge in [-0.25, -0.2) is 13.1 Å². The van der Waals surface area contributed by atoms with Gasteiger partial charge in [0.15, 0.2) is 0 Å². The molecule has 0 rings (SSSR count). The zero-order valence-electron chi connectivity index (χ0n) is 10.0. The zero-order valence-corrected chi connectivity index (χ0v) is 10.9. The Morgan fingerprint density at radius 1 is 1.20 bits per heavy atom. The molecule has 5 heteroatoms. The van der Waals surface area contributed by atoms with E-state index in [1.54, 1.807) is 6.92 Å². The van der Waals surface area contributed by atoms with Crippen molar-refractivity contribution in [3.05, 3.63) is 0 Å². The van der Waals surface area contributed by atoms with Crippen molar-refractivity contribution in [1.82, 2.24) is 10.0 Å². The molecule has 0 aromatic heterocycles. The Hall–Kier alpha value is -0.130. The number of hydrogen-bond acceptors (Lipinski definition) is 3. The van der Waals surface area contributed by atoms with Gasteiger partial charge in [0.2, 0.25) is 10.0 Å². The normalized spacial score (nSPS) is 14.1. The first-order chi connectivity index (χ1) is 7.04. The third kappa shape index (κ3) is 6.87. The van der Waals surface area contributed by atoms with Gasteiger partial charge < -0.3 is 5.32 Å². The summed E-state index contributed by atoms with van der Waals surface area (Å²) in [6, 6.07) is 0. The molecule has 0 spiro atoms. The lowest BCUT2D eigenvalue weighted by Crippen LogP contribution is -2.34. The standard InChI is InChI=1S/C10H24N2O2S/c1-4-7-10(3)15(13,14)12-9-6-8-11-5-2/h10-12H,4-9H2,1-3H3. The van der Waals surface area contributed by atoms with Gasteiger partial charge in [0.05, 0.1) is 5.25 Å².